The fraction of sp³-hybridized carbons (Fsp3) is 0.267. The molecule has 1 aromatic carbocycles. The third-order valence-electron chi connectivity index (χ3n) is 2.94. The summed E-state index contributed by atoms with van der Waals surface area (Å²) in [5.74, 6) is 0.482. The Morgan fingerprint density at radius 2 is 1.83 bits per heavy atom. The smallest absolute Gasteiger partial charge is 0.204 e. The van der Waals surface area contributed by atoms with Crippen LogP contribution in [0.1, 0.15) is 46.1 Å². The maximum absolute atomic E-state index is 12.3. The van der Waals surface area contributed by atoms with Gasteiger partial charge in [-0.1, -0.05) is 49.7 Å². The van der Waals surface area contributed by atoms with Crippen LogP contribution < -0.4 is 0 Å². The van der Waals surface area contributed by atoms with E-state index < -0.39 is 0 Å². The third kappa shape index (κ3) is 2.50. The summed E-state index contributed by atoms with van der Waals surface area (Å²) in [6, 6.07) is 7.77. The summed E-state index contributed by atoms with van der Waals surface area (Å²) < 4.78 is 0. The van der Waals surface area contributed by atoms with Gasteiger partial charge in [-0.2, -0.15) is 0 Å². The molecule has 0 aliphatic carbocycles. The zero-order valence-corrected chi connectivity index (χ0v) is 12.2. The van der Waals surface area contributed by atoms with Gasteiger partial charge in [0.15, 0.2) is 0 Å². The van der Waals surface area contributed by atoms with E-state index in [9.17, 15) is 4.79 Å². The van der Waals surface area contributed by atoms with Gasteiger partial charge in [0.1, 0.15) is 0 Å². The van der Waals surface area contributed by atoms with Crippen LogP contribution in [-0.4, -0.2) is 5.78 Å². The number of benzene rings is 1. The van der Waals surface area contributed by atoms with Crippen LogP contribution in [-0.2, 0) is 0 Å². The van der Waals surface area contributed by atoms with Crippen LogP contribution in [0.15, 0.2) is 29.6 Å². The Bertz CT molecular complexity index is 567. The number of carbonyl (C=O) groups excluding carboxylic acids is 1. The Balaban J connectivity index is 2.32. The van der Waals surface area contributed by atoms with Crippen molar-refractivity contribution in [3.05, 3.63) is 56.2 Å². The average molecular weight is 279 g/mol. The molecule has 0 aliphatic rings. The van der Waals surface area contributed by atoms with Gasteiger partial charge in [0.2, 0.25) is 5.78 Å². The normalized spacial score (nSPS) is 10.9. The second-order valence-corrected chi connectivity index (χ2v) is 5.93. The van der Waals surface area contributed by atoms with Gasteiger partial charge in [0.05, 0.1) is 9.90 Å². The summed E-state index contributed by atoms with van der Waals surface area (Å²) in [5.41, 5.74) is 2.90. The maximum atomic E-state index is 12.3. The predicted octanol–water partition coefficient (Wildman–Crippen LogP) is 5.06. The second kappa shape index (κ2) is 5.25. The Morgan fingerprint density at radius 1 is 1.22 bits per heavy atom. The van der Waals surface area contributed by atoms with Crippen molar-refractivity contribution < 1.29 is 4.79 Å². The number of thiophene rings is 1. The Morgan fingerprint density at radius 3 is 2.28 bits per heavy atom. The van der Waals surface area contributed by atoms with E-state index in [1.54, 1.807) is 0 Å². The number of halogens is 1. The predicted molar refractivity (Wildman–Crippen MR) is 78.0 cm³/mol. The van der Waals surface area contributed by atoms with E-state index in [-0.39, 0.29) is 5.78 Å². The fourth-order valence-electron chi connectivity index (χ4n) is 1.73. The number of hydrogen-bond donors (Lipinski definition) is 0. The van der Waals surface area contributed by atoms with E-state index in [1.807, 2.05) is 36.6 Å². The minimum Gasteiger partial charge on any atom is -0.288 e. The van der Waals surface area contributed by atoms with Gasteiger partial charge < -0.3 is 0 Å². The second-order valence-electron chi connectivity index (χ2n) is 4.67. The van der Waals surface area contributed by atoms with E-state index in [2.05, 4.69) is 13.8 Å². The van der Waals surface area contributed by atoms with Gasteiger partial charge in [0, 0.05) is 5.56 Å². The zero-order chi connectivity index (χ0) is 13.3. The number of rotatable bonds is 3. The molecule has 0 aliphatic heterocycles. The first-order valence-electron chi connectivity index (χ1n) is 5.89. The summed E-state index contributed by atoms with van der Waals surface area (Å²) in [7, 11) is 0. The van der Waals surface area contributed by atoms with Crippen molar-refractivity contribution in [1.29, 1.82) is 0 Å². The number of aryl methyl sites for hydroxylation is 1. The van der Waals surface area contributed by atoms with Crippen molar-refractivity contribution in [3.8, 4) is 0 Å². The molecule has 0 amide bonds. The van der Waals surface area contributed by atoms with Gasteiger partial charge >= 0.3 is 0 Å². The van der Waals surface area contributed by atoms with Crippen molar-refractivity contribution in [2.24, 2.45) is 0 Å². The van der Waals surface area contributed by atoms with Crippen LogP contribution in [0.5, 0.6) is 0 Å². The number of ketones is 1. The van der Waals surface area contributed by atoms with Crippen molar-refractivity contribution in [1.82, 2.24) is 0 Å². The van der Waals surface area contributed by atoms with Crippen molar-refractivity contribution in [3.63, 3.8) is 0 Å². The van der Waals surface area contributed by atoms with E-state index in [4.69, 9.17) is 11.6 Å². The largest absolute Gasteiger partial charge is 0.288 e. The summed E-state index contributed by atoms with van der Waals surface area (Å²) in [6.07, 6.45) is 0. The van der Waals surface area contributed by atoms with Gasteiger partial charge in [-0.25, -0.2) is 0 Å². The van der Waals surface area contributed by atoms with E-state index in [1.165, 1.54) is 16.9 Å². The highest BCUT2D eigenvalue weighted by molar-refractivity contribution is 7.13. The minimum atomic E-state index is 0.00778. The molecular formula is C15H15ClOS. The lowest BCUT2D eigenvalue weighted by atomic mass is 10.00. The van der Waals surface area contributed by atoms with Gasteiger partial charge in [-0.15, -0.1) is 11.3 Å². The molecule has 18 heavy (non-hydrogen) atoms. The highest BCUT2D eigenvalue weighted by Crippen LogP contribution is 2.29. The summed E-state index contributed by atoms with van der Waals surface area (Å²) in [5, 5.41) is 2.50. The summed E-state index contributed by atoms with van der Waals surface area (Å²) in [4.78, 5) is 12.9. The van der Waals surface area contributed by atoms with Crippen LogP contribution in [0.25, 0.3) is 0 Å². The van der Waals surface area contributed by atoms with Gasteiger partial charge in [0.25, 0.3) is 0 Å². The highest BCUT2D eigenvalue weighted by Gasteiger charge is 2.16. The molecule has 1 aromatic heterocycles. The SMILES string of the molecule is Cc1csc(C(=O)c2ccc(C(C)C)cc2)c1Cl. The van der Waals surface area contributed by atoms with Crippen LogP contribution in [0, 0.1) is 6.92 Å². The molecule has 0 fully saturated rings. The van der Waals surface area contributed by atoms with Crippen LogP contribution >= 0.6 is 22.9 Å². The van der Waals surface area contributed by atoms with Crippen LogP contribution in [0.4, 0.5) is 0 Å². The Hall–Kier alpha value is -1.12. The molecule has 0 N–H and O–H groups in total. The zero-order valence-electron chi connectivity index (χ0n) is 10.7. The molecule has 0 saturated carbocycles. The van der Waals surface area contributed by atoms with E-state index in [0.29, 0.717) is 21.4 Å². The average Bonchev–Trinajstić information content (AvgIpc) is 2.69. The highest BCUT2D eigenvalue weighted by atomic mass is 35.5. The minimum absolute atomic E-state index is 0.00778. The molecule has 0 unspecified atom stereocenters. The van der Waals surface area contributed by atoms with Gasteiger partial charge in [-0.05, 0) is 29.3 Å². The molecule has 1 heterocycles. The fourth-order valence-corrected chi connectivity index (χ4v) is 2.97. The molecule has 1 nitrogen and oxygen atoms in total. The molecule has 3 heteroatoms. The van der Waals surface area contributed by atoms with E-state index in [0.717, 1.165) is 5.56 Å². The first-order valence-corrected chi connectivity index (χ1v) is 7.14. The van der Waals surface area contributed by atoms with Gasteiger partial charge in [-0.3, -0.25) is 4.79 Å². The molecular weight excluding hydrogens is 264 g/mol. The van der Waals surface area contributed by atoms with E-state index >= 15 is 0 Å². The summed E-state index contributed by atoms with van der Waals surface area (Å²) >= 11 is 7.53. The molecule has 0 spiro atoms. The summed E-state index contributed by atoms with van der Waals surface area (Å²) in [6.45, 7) is 6.18. The first-order chi connectivity index (χ1) is 8.50. The maximum Gasteiger partial charge on any atom is 0.204 e. The standard InChI is InChI=1S/C15H15ClOS/c1-9(2)11-4-6-12(7-5-11)14(17)15-13(16)10(3)8-18-15/h4-9H,1-3H3. The van der Waals surface area contributed by atoms with Crippen molar-refractivity contribution >= 4 is 28.7 Å². The molecule has 0 atom stereocenters. The molecule has 2 aromatic rings. The first kappa shape index (κ1) is 13.3. The lowest BCUT2D eigenvalue weighted by molar-refractivity contribution is 0.104. The molecule has 0 radical (unpaired) electrons. The van der Waals surface area contributed by atoms with Crippen LogP contribution in [0.3, 0.4) is 0 Å². The van der Waals surface area contributed by atoms with Crippen LogP contribution in [0.2, 0.25) is 5.02 Å². The topological polar surface area (TPSA) is 17.1 Å². The molecule has 0 bridgehead atoms. The molecule has 94 valence electrons. The van der Waals surface area contributed by atoms with Crippen molar-refractivity contribution in [2.45, 2.75) is 26.7 Å². The Kier molecular flexibility index (Phi) is 3.88. The quantitative estimate of drug-likeness (QED) is 0.717. The molecule has 2 rings (SSSR count). The number of carbonyl (C=O) groups is 1. The molecule has 0 saturated heterocycles. The lowest BCUT2D eigenvalue weighted by Gasteiger charge is -2.06. The Labute approximate surface area is 116 Å². The lowest BCUT2D eigenvalue weighted by Crippen LogP contribution is -2.00. The van der Waals surface area contributed by atoms with Crippen molar-refractivity contribution in [2.75, 3.05) is 0 Å². The number of hydrogen-bond acceptors (Lipinski definition) is 2. The monoisotopic (exact) mass is 278 g/mol. The third-order valence-corrected chi connectivity index (χ3v) is 4.64.